The molecule has 0 fully saturated rings. The van der Waals surface area contributed by atoms with Gasteiger partial charge in [-0.15, -0.1) is 0 Å². The summed E-state index contributed by atoms with van der Waals surface area (Å²) in [5.74, 6) is 0.900. The smallest absolute Gasteiger partial charge is 0.121 e. The molecule has 9 heavy (non-hydrogen) atoms. The molecule has 0 unspecified atom stereocenters. The molecule has 1 rings (SSSR count). The second-order valence-corrected chi connectivity index (χ2v) is 1.97. The van der Waals surface area contributed by atoms with Crippen molar-refractivity contribution in [2.24, 2.45) is 0 Å². The Kier molecular flexibility index (Phi) is 1.73. The van der Waals surface area contributed by atoms with Gasteiger partial charge in [0.15, 0.2) is 0 Å². The van der Waals surface area contributed by atoms with Crippen molar-refractivity contribution in [3.8, 4) is 0 Å². The van der Waals surface area contributed by atoms with Crippen LogP contribution in [-0.2, 0) is 4.74 Å². The molecule has 0 aliphatic heterocycles. The Morgan fingerprint density at radius 1 is 1.67 bits per heavy atom. The number of ether oxygens (including phenoxy) is 1. The summed E-state index contributed by atoms with van der Waals surface area (Å²) >= 11 is 0. The lowest BCUT2D eigenvalue weighted by molar-refractivity contribution is 0.299. The van der Waals surface area contributed by atoms with E-state index in [4.69, 9.17) is 4.74 Å². The monoisotopic (exact) mass is 122 g/mol. The van der Waals surface area contributed by atoms with E-state index in [0.717, 1.165) is 17.8 Å². The van der Waals surface area contributed by atoms with Crippen LogP contribution in [0.25, 0.3) is 0 Å². The number of methoxy groups -OCH3 is 1. The highest BCUT2D eigenvalue weighted by Gasteiger charge is 2.01. The fraction of sp³-hybridized carbons (Fsp3) is 0.250. The highest BCUT2D eigenvalue weighted by molar-refractivity contribution is 5.32. The van der Waals surface area contributed by atoms with Gasteiger partial charge < -0.3 is 4.74 Å². The molecular weight excluding hydrogens is 112 g/mol. The molecule has 0 radical (unpaired) electrons. The van der Waals surface area contributed by atoms with Gasteiger partial charge in [-0.05, 0) is 18.1 Å². The number of hydrogen-bond acceptors (Lipinski definition) is 1. The number of rotatable bonds is 1. The molecule has 0 spiro atoms. The maximum Gasteiger partial charge on any atom is 0.121 e. The van der Waals surface area contributed by atoms with E-state index in [0.29, 0.717) is 0 Å². The van der Waals surface area contributed by atoms with Crippen LogP contribution in [0.15, 0.2) is 36.1 Å². The molecule has 1 aliphatic rings. The molecule has 0 N–H and O–H groups in total. The third kappa shape index (κ3) is 1.22. The van der Waals surface area contributed by atoms with Crippen LogP contribution in [0, 0.1) is 0 Å². The van der Waals surface area contributed by atoms with E-state index in [2.05, 4.69) is 12.7 Å². The summed E-state index contributed by atoms with van der Waals surface area (Å²) in [6.45, 7) is 3.82. The van der Waals surface area contributed by atoms with Crippen LogP contribution in [0.1, 0.15) is 6.42 Å². The van der Waals surface area contributed by atoms with E-state index < -0.39 is 0 Å². The average Bonchev–Trinajstić information content (AvgIpc) is 1.89. The normalized spacial score (nSPS) is 17.4. The summed E-state index contributed by atoms with van der Waals surface area (Å²) in [5, 5.41) is 0. The van der Waals surface area contributed by atoms with E-state index >= 15 is 0 Å². The third-order valence-electron chi connectivity index (χ3n) is 1.32. The Labute approximate surface area is 55.3 Å². The molecule has 0 aromatic rings. The fourth-order valence-corrected chi connectivity index (χ4v) is 0.797. The summed E-state index contributed by atoms with van der Waals surface area (Å²) in [7, 11) is 1.66. The van der Waals surface area contributed by atoms with Gasteiger partial charge in [-0.25, -0.2) is 0 Å². The lowest BCUT2D eigenvalue weighted by atomic mass is 10.1. The third-order valence-corrected chi connectivity index (χ3v) is 1.32. The molecule has 0 saturated carbocycles. The van der Waals surface area contributed by atoms with E-state index in [1.54, 1.807) is 7.11 Å². The van der Waals surface area contributed by atoms with Crippen molar-refractivity contribution in [2.75, 3.05) is 7.11 Å². The molecule has 1 aliphatic carbocycles. The summed E-state index contributed by atoms with van der Waals surface area (Å²) in [6.07, 6.45) is 6.88. The molecule has 0 bridgehead atoms. The standard InChI is InChI=1S/C8H10O/c1-7-5-3-4-6-8(7)9-2/h3-4,6H,1,5H2,2H3. The van der Waals surface area contributed by atoms with Crippen LogP contribution < -0.4 is 0 Å². The van der Waals surface area contributed by atoms with Gasteiger partial charge in [0.05, 0.1) is 7.11 Å². The van der Waals surface area contributed by atoms with Gasteiger partial charge >= 0.3 is 0 Å². The zero-order valence-electron chi connectivity index (χ0n) is 5.55. The van der Waals surface area contributed by atoms with Crippen molar-refractivity contribution in [2.45, 2.75) is 6.42 Å². The van der Waals surface area contributed by atoms with Gasteiger partial charge in [-0.2, -0.15) is 0 Å². The molecular formula is C8H10O. The lowest BCUT2D eigenvalue weighted by Crippen LogP contribution is -1.92. The van der Waals surface area contributed by atoms with Crippen molar-refractivity contribution in [3.63, 3.8) is 0 Å². The van der Waals surface area contributed by atoms with Crippen LogP contribution in [0.5, 0.6) is 0 Å². The topological polar surface area (TPSA) is 9.23 Å². The quantitative estimate of drug-likeness (QED) is 0.517. The first-order chi connectivity index (χ1) is 4.34. The largest absolute Gasteiger partial charge is 0.496 e. The predicted molar refractivity (Wildman–Crippen MR) is 38.0 cm³/mol. The molecule has 0 aromatic carbocycles. The Balaban J connectivity index is 2.74. The van der Waals surface area contributed by atoms with Crippen LogP contribution in [0.2, 0.25) is 0 Å². The lowest BCUT2D eigenvalue weighted by Gasteiger charge is -2.08. The van der Waals surface area contributed by atoms with Gasteiger partial charge in [0.1, 0.15) is 5.76 Å². The second kappa shape index (κ2) is 2.53. The first-order valence-corrected chi connectivity index (χ1v) is 2.93. The van der Waals surface area contributed by atoms with E-state index in [9.17, 15) is 0 Å². The Morgan fingerprint density at radius 3 is 2.89 bits per heavy atom. The number of allylic oxidation sites excluding steroid dienone is 4. The molecule has 0 heterocycles. The molecule has 1 heteroatoms. The van der Waals surface area contributed by atoms with E-state index in [-0.39, 0.29) is 0 Å². The molecule has 48 valence electrons. The van der Waals surface area contributed by atoms with E-state index in [1.165, 1.54) is 0 Å². The minimum absolute atomic E-state index is 0.900. The van der Waals surface area contributed by atoms with Crippen LogP contribution >= 0.6 is 0 Å². The molecule has 0 amide bonds. The zero-order valence-corrected chi connectivity index (χ0v) is 5.55. The molecule has 0 atom stereocenters. The first kappa shape index (κ1) is 6.14. The maximum absolute atomic E-state index is 5.01. The Morgan fingerprint density at radius 2 is 2.44 bits per heavy atom. The van der Waals surface area contributed by atoms with Gasteiger partial charge in [-0.1, -0.05) is 18.7 Å². The summed E-state index contributed by atoms with van der Waals surface area (Å²) in [5.41, 5.74) is 1.06. The Bertz CT molecular complexity index is 175. The van der Waals surface area contributed by atoms with Crippen LogP contribution in [0.3, 0.4) is 0 Å². The first-order valence-electron chi connectivity index (χ1n) is 2.93. The minimum atomic E-state index is 0.900. The van der Waals surface area contributed by atoms with Gasteiger partial charge in [-0.3, -0.25) is 0 Å². The highest BCUT2D eigenvalue weighted by atomic mass is 16.5. The van der Waals surface area contributed by atoms with Crippen molar-refractivity contribution in [1.82, 2.24) is 0 Å². The van der Waals surface area contributed by atoms with Crippen molar-refractivity contribution < 1.29 is 4.74 Å². The minimum Gasteiger partial charge on any atom is -0.496 e. The number of hydrogen-bond donors (Lipinski definition) is 0. The average molecular weight is 122 g/mol. The van der Waals surface area contributed by atoms with Crippen LogP contribution in [-0.4, -0.2) is 7.11 Å². The molecule has 0 aromatic heterocycles. The predicted octanol–water partition coefficient (Wildman–Crippen LogP) is 2.03. The summed E-state index contributed by atoms with van der Waals surface area (Å²) in [6, 6.07) is 0. The van der Waals surface area contributed by atoms with E-state index in [1.807, 2.05) is 12.2 Å². The maximum atomic E-state index is 5.01. The van der Waals surface area contributed by atoms with Crippen molar-refractivity contribution in [1.29, 1.82) is 0 Å². The van der Waals surface area contributed by atoms with Gasteiger partial charge in [0, 0.05) is 0 Å². The fourth-order valence-electron chi connectivity index (χ4n) is 0.797. The SMILES string of the molecule is C=C1CC=CC=C1OC. The van der Waals surface area contributed by atoms with Crippen LogP contribution in [0.4, 0.5) is 0 Å². The molecule has 1 nitrogen and oxygen atoms in total. The van der Waals surface area contributed by atoms with Gasteiger partial charge in [0.2, 0.25) is 0 Å². The molecule has 0 saturated heterocycles. The second-order valence-electron chi connectivity index (χ2n) is 1.97. The summed E-state index contributed by atoms with van der Waals surface area (Å²) in [4.78, 5) is 0. The highest BCUT2D eigenvalue weighted by Crippen LogP contribution is 2.16. The summed E-state index contributed by atoms with van der Waals surface area (Å²) < 4.78 is 5.01. The van der Waals surface area contributed by atoms with Crippen molar-refractivity contribution >= 4 is 0 Å². The van der Waals surface area contributed by atoms with Gasteiger partial charge in [0.25, 0.3) is 0 Å². The van der Waals surface area contributed by atoms with Crippen molar-refractivity contribution in [3.05, 3.63) is 36.1 Å². The Hall–Kier alpha value is -0.980. The zero-order chi connectivity index (χ0) is 6.69.